The Morgan fingerprint density at radius 2 is 1.91 bits per heavy atom. The first-order valence-corrected chi connectivity index (χ1v) is 11.9. The summed E-state index contributed by atoms with van der Waals surface area (Å²) in [6.07, 6.45) is 2.45. The second-order valence-corrected chi connectivity index (χ2v) is 9.76. The van der Waals surface area contributed by atoms with Crippen LogP contribution in [0.5, 0.6) is 0 Å². The van der Waals surface area contributed by atoms with Crippen LogP contribution < -0.4 is 10.6 Å². The summed E-state index contributed by atoms with van der Waals surface area (Å²) in [5.74, 6) is 2.61. The molecule has 4 rings (SSSR count). The topological polar surface area (TPSA) is 79.6 Å². The van der Waals surface area contributed by atoms with Gasteiger partial charge in [0.15, 0.2) is 11.8 Å². The molecule has 8 nitrogen and oxygen atoms in total. The van der Waals surface area contributed by atoms with E-state index in [-0.39, 0.29) is 28.7 Å². The van der Waals surface area contributed by atoms with Crippen LogP contribution in [0.2, 0.25) is 0 Å². The fraction of sp³-hybridized carbons (Fsp3) is 0.591. The summed E-state index contributed by atoms with van der Waals surface area (Å²) in [7, 11) is 1.98. The van der Waals surface area contributed by atoms with Crippen molar-refractivity contribution in [3.63, 3.8) is 0 Å². The Labute approximate surface area is 212 Å². The lowest BCUT2D eigenvalue weighted by Crippen LogP contribution is -2.46. The number of morpholine rings is 1. The van der Waals surface area contributed by atoms with E-state index in [4.69, 9.17) is 9.73 Å². The Morgan fingerprint density at radius 3 is 2.56 bits per heavy atom. The molecule has 1 aromatic carbocycles. The monoisotopic (exact) mass is 571 g/mol. The van der Waals surface area contributed by atoms with E-state index < -0.39 is 0 Å². The van der Waals surface area contributed by atoms with Gasteiger partial charge in [-0.25, -0.2) is 4.99 Å². The average Bonchev–Trinajstić information content (AvgIpc) is 3.49. The van der Waals surface area contributed by atoms with E-state index in [0.717, 1.165) is 63.5 Å². The molecular formula is C22H34IN7OS. The number of nitrogens with zero attached hydrogens (tertiary/aromatic N) is 5. The first-order valence-electron chi connectivity index (χ1n) is 11.0. The van der Waals surface area contributed by atoms with Gasteiger partial charge in [0.25, 0.3) is 0 Å². The number of nitrogens with one attached hydrogen (secondary N) is 2. The van der Waals surface area contributed by atoms with E-state index in [1.54, 1.807) is 0 Å². The molecule has 1 saturated carbocycles. The van der Waals surface area contributed by atoms with Crippen molar-refractivity contribution in [2.24, 2.45) is 12.0 Å². The van der Waals surface area contributed by atoms with Crippen LogP contribution >= 0.6 is 35.7 Å². The van der Waals surface area contributed by atoms with E-state index in [1.165, 1.54) is 17.7 Å². The summed E-state index contributed by atoms with van der Waals surface area (Å²) in [4.78, 5) is 8.56. The van der Waals surface area contributed by atoms with Crippen molar-refractivity contribution in [1.82, 2.24) is 30.3 Å². The lowest BCUT2D eigenvalue weighted by atomic mass is 10.4. The number of aryl methyl sites for hydroxylation is 1. The van der Waals surface area contributed by atoms with Gasteiger partial charge in [0, 0.05) is 49.4 Å². The van der Waals surface area contributed by atoms with Crippen LogP contribution in [0.25, 0.3) is 0 Å². The lowest BCUT2D eigenvalue weighted by molar-refractivity contribution is 0.0389. The molecule has 1 aliphatic heterocycles. The number of rotatable bonds is 9. The van der Waals surface area contributed by atoms with Crippen molar-refractivity contribution in [1.29, 1.82) is 0 Å². The molecule has 2 fully saturated rings. The third-order valence-corrected chi connectivity index (χ3v) is 7.34. The maximum atomic E-state index is 5.44. The largest absolute Gasteiger partial charge is 0.379 e. The molecule has 32 heavy (non-hydrogen) atoms. The van der Waals surface area contributed by atoms with E-state index >= 15 is 0 Å². The molecular weight excluding hydrogens is 537 g/mol. The Morgan fingerprint density at radius 1 is 1.16 bits per heavy atom. The van der Waals surface area contributed by atoms with Crippen molar-refractivity contribution in [2.45, 2.75) is 36.0 Å². The summed E-state index contributed by atoms with van der Waals surface area (Å²) in [5, 5.41) is 15.5. The Hall–Kier alpha value is -1.37. The number of thioether (sulfide) groups is 1. The predicted molar refractivity (Wildman–Crippen MR) is 140 cm³/mol. The van der Waals surface area contributed by atoms with E-state index in [0.29, 0.717) is 6.54 Å². The minimum absolute atomic E-state index is 0. The van der Waals surface area contributed by atoms with Gasteiger partial charge in [-0.3, -0.25) is 4.90 Å². The molecule has 10 heteroatoms. The zero-order chi connectivity index (χ0) is 21.5. The number of aromatic nitrogens is 3. The van der Waals surface area contributed by atoms with Gasteiger partial charge in [0.1, 0.15) is 12.4 Å². The number of ether oxygens (including phenoxy) is 1. The average molecular weight is 572 g/mol. The van der Waals surface area contributed by atoms with Gasteiger partial charge in [0.05, 0.1) is 13.2 Å². The molecule has 1 aromatic heterocycles. The zero-order valence-corrected chi connectivity index (χ0v) is 22.1. The highest BCUT2D eigenvalue weighted by Crippen LogP contribution is 2.51. The minimum Gasteiger partial charge on any atom is -0.379 e. The summed E-state index contributed by atoms with van der Waals surface area (Å²) < 4.78 is 7.69. The molecule has 0 bridgehead atoms. The van der Waals surface area contributed by atoms with Crippen LogP contribution in [0.15, 0.2) is 40.2 Å². The molecule has 0 spiro atoms. The fourth-order valence-corrected chi connectivity index (χ4v) is 4.75. The number of hydrogen-bond donors (Lipinski definition) is 2. The third-order valence-electron chi connectivity index (χ3n) is 5.85. The molecule has 2 N–H and O–H groups in total. The predicted octanol–water partition coefficient (Wildman–Crippen LogP) is 2.43. The first-order chi connectivity index (χ1) is 15.1. The van der Waals surface area contributed by atoms with Crippen molar-refractivity contribution >= 4 is 41.7 Å². The highest BCUT2D eigenvalue weighted by Gasteiger charge is 2.43. The molecule has 1 aliphatic carbocycles. The smallest absolute Gasteiger partial charge is 0.191 e. The molecule has 0 amide bonds. The molecule has 0 atom stereocenters. The van der Waals surface area contributed by atoms with Crippen molar-refractivity contribution in [2.75, 3.05) is 45.9 Å². The summed E-state index contributed by atoms with van der Waals surface area (Å²) in [6.45, 7) is 8.83. The second-order valence-electron chi connectivity index (χ2n) is 8.22. The maximum absolute atomic E-state index is 5.44. The summed E-state index contributed by atoms with van der Waals surface area (Å²) >= 11 is 1.97. The molecule has 0 radical (unpaired) electrons. The summed E-state index contributed by atoms with van der Waals surface area (Å²) in [6, 6.07) is 10.7. The van der Waals surface area contributed by atoms with Gasteiger partial charge >= 0.3 is 0 Å². The SMILES string of the molecule is Cc1nnc(CN=C(NCCN2CCOCC2)NCC2(Sc3ccccc3)CC2)n1C.I. The molecule has 2 aromatic rings. The van der Waals surface area contributed by atoms with Crippen LogP contribution in [-0.4, -0.2) is 76.3 Å². The molecule has 176 valence electrons. The second kappa shape index (κ2) is 12.2. The number of halogens is 1. The lowest BCUT2D eigenvalue weighted by Gasteiger charge is -2.27. The van der Waals surface area contributed by atoms with Gasteiger partial charge in [0.2, 0.25) is 0 Å². The van der Waals surface area contributed by atoms with Crippen molar-refractivity contribution in [3.8, 4) is 0 Å². The normalized spacial score (nSPS) is 18.1. The van der Waals surface area contributed by atoms with Crippen LogP contribution in [0.1, 0.15) is 24.5 Å². The van der Waals surface area contributed by atoms with E-state index in [9.17, 15) is 0 Å². The minimum atomic E-state index is 0. The molecule has 1 saturated heterocycles. The van der Waals surface area contributed by atoms with Gasteiger partial charge in [-0.15, -0.1) is 45.9 Å². The number of hydrogen-bond acceptors (Lipinski definition) is 6. The number of benzene rings is 1. The van der Waals surface area contributed by atoms with Crippen molar-refractivity contribution < 1.29 is 4.74 Å². The molecule has 2 aliphatic rings. The standard InChI is InChI=1S/C22H33N7OS.HI/c1-18-26-27-20(28(18)2)16-24-21(23-10-11-29-12-14-30-15-13-29)25-17-22(8-9-22)31-19-6-4-3-5-7-19;/h3-7H,8-17H2,1-2H3,(H2,23,24,25);1H. The number of guanidine groups is 1. The maximum Gasteiger partial charge on any atom is 0.191 e. The van der Waals surface area contributed by atoms with E-state index in [1.807, 2.05) is 30.3 Å². The Balaban J connectivity index is 0.00000289. The summed E-state index contributed by atoms with van der Waals surface area (Å²) in [5.41, 5.74) is 0. The molecule has 0 unspecified atom stereocenters. The Kier molecular flexibility index (Phi) is 9.62. The fourth-order valence-electron chi connectivity index (χ4n) is 3.51. The van der Waals surface area contributed by atoms with Crippen LogP contribution in [-0.2, 0) is 18.3 Å². The highest BCUT2D eigenvalue weighted by atomic mass is 127. The zero-order valence-electron chi connectivity index (χ0n) is 18.9. The first kappa shape index (κ1) is 25.3. The Bertz CT molecular complexity index is 866. The van der Waals surface area contributed by atoms with Crippen LogP contribution in [0, 0.1) is 6.92 Å². The number of aliphatic imine (C=N–C) groups is 1. The van der Waals surface area contributed by atoms with Gasteiger partial charge in [-0.05, 0) is 31.9 Å². The van der Waals surface area contributed by atoms with Gasteiger partial charge in [-0.2, -0.15) is 0 Å². The van der Waals surface area contributed by atoms with Gasteiger partial charge in [-0.1, -0.05) is 18.2 Å². The molecule has 2 heterocycles. The highest BCUT2D eigenvalue weighted by molar-refractivity contribution is 14.0. The van der Waals surface area contributed by atoms with Crippen LogP contribution in [0.3, 0.4) is 0 Å². The quantitative estimate of drug-likeness (QED) is 0.272. The van der Waals surface area contributed by atoms with Crippen molar-refractivity contribution in [3.05, 3.63) is 42.0 Å². The van der Waals surface area contributed by atoms with Gasteiger partial charge < -0.3 is 19.9 Å². The third kappa shape index (κ3) is 7.32. The van der Waals surface area contributed by atoms with E-state index in [2.05, 4.69) is 56.1 Å². The van der Waals surface area contributed by atoms with Crippen LogP contribution in [0.4, 0.5) is 0 Å².